The Morgan fingerprint density at radius 3 is 2.74 bits per heavy atom. The average molecular weight is 339 g/mol. The molecule has 0 aliphatic rings. The summed E-state index contributed by atoms with van der Waals surface area (Å²) in [5.41, 5.74) is 2.79. The van der Waals surface area contributed by atoms with Gasteiger partial charge in [-0.15, -0.1) is 0 Å². The highest BCUT2D eigenvalue weighted by Gasteiger charge is 2.10. The molecule has 19 heavy (non-hydrogen) atoms. The van der Waals surface area contributed by atoms with E-state index in [2.05, 4.69) is 38.5 Å². The lowest BCUT2D eigenvalue weighted by Crippen LogP contribution is -2.01. The number of hydrogen-bond donors (Lipinski definition) is 1. The van der Waals surface area contributed by atoms with Crippen molar-refractivity contribution in [1.82, 2.24) is 9.97 Å². The smallest absolute Gasteiger partial charge is 0.130 e. The first-order valence-electron chi connectivity index (χ1n) is 5.93. The lowest BCUT2D eigenvalue weighted by molar-refractivity contribution is 0.416. The molecule has 2 rings (SSSR count). The monoisotopic (exact) mass is 338 g/mol. The molecule has 0 bridgehead atoms. The van der Waals surface area contributed by atoms with Gasteiger partial charge in [0.1, 0.15) is 11.6 Å². The molecule has 2 aromatic rings. The molecular weight excluding hydrogens is 324 g/mol. The third-order valence-electron chi connectivity index (χ3n) is 2.67. The van der Waals surface area contributed by atoms with Crippen LogP contribution in [0.25, 0.3) is 11.3 Å². The largest absolute Gasteiger partial charge is 0.496 e. The lowest BCUT2D eigenvalue weighted by Gasteiger charge is -2.10. The summed E-state index contributed by atoms with van der Waals surface area (Å²) in [6.45, 7) is 1.97. The van der Waals surface area contributed by atoms with E-state index < -0.39 is 0 Å². The third-order valence-corrected chi connectivity index (χ3v) is 3.39. The summed E-state index contributed by atoms with van der Waals surface area (Å²) in [5, 5.41) is 0. The first kappa shape index (κ1) is 14.3. The maximum Gasteiger partial charge on any atom is 0.130 e. The number of benzene rings is 1. The van der Waals surface area contributed by atoms with Crippen molar-refractivity contribution in [3.8, 4) is 17.0 Å². The minimum Gasteiger partial charge on any atom is -0.496 e. The molecule has 0 radical (unpaired) electrons. The molecule has 0 fully saturated rings. The SMILES string of the molecule is COc1ccc(Br)cc1-c1cc(C)nc(CCS)n1. The molecule has 5 heteroatoms. The van der Waals surface area contributed by atoms with Crippen LogP contribution >= 0.6 is 28.6 Å². The van der Waals surface area contributed by atoms with Crippen molar-refractivity contribution < 1.29 is 4.74 Å². The third kappa shape index (κ3) is 3.48. The van der Waals surface area contributed by atoms with E-state index in [1.54, 1.807) is 7.11 Å². The summed E-state index contributed by atoms with van der Waals surface area (Å²) in [7, 11) is 1.66. The molecule has 0 unspecified atom stereocenters. The molecular formula is C14H15BrN2OS. The highest BCUT2D eigenvalue weighted by molar-refractivity contribution is 9.10. The molecule has 0 saturated heterocycles. The summed E-state index contributed by atoms with van der Waals surface area (Å²) < 4.78 is 6.39. The van der Waals surface area contributed by atoms with E-state index in [0.29, 0.717) is 0 Å². The Morgan fingerprint density at radius 2 is 2.05 bits per heavy atom. The Balaban J connectivity index is 2.54. The van der Waals surface area contributed by atoms with Crippen LogP contribution in [-0.2, 0) is 6.42 Å². The van der Waals surface area contributed by atoms with Crippen molar-refractivity contribution in [2.45, 2.75) is 13.3 Å². The maximum absolute atomic E-state index is 5.40. The van der Waals surface area contributed by atoms with Gasteiger partial charge < -0.3 is 4.74 Å². The van der Waals surface area contributed by atoms with Gasteiger partial charge in [-0.1, -0.05) is 15.9 Å². The van der Waals surface area contributed by atoms with Crippen LogP contribution in [0.4, 0.5) is 0 Å². The fraction of sp³-hybridized carbons (Fsp3) is 0.286. The van der Waals surface area contributed by atoms with Crippen molar-refractivity contribution in [1.29, 1.82) is 0 Å². The number of hydrogen-bond acceptors (Lipinski definition) is 4. The van der Waals surface area contributed by atoms with Crippen molar-refractivity contribution >= 4 is 28.6 Å². The minimum atomic E-state index is 0.735. The molecule has 0 atom stereocenters. The number of aryl methyl sites for hydroxylation is 2. The summed E-state index contributed by atoms with van der Waals surface area (Å²) in [4.78, 5) is 9.00. The van der Waals surface area contributed by atoms with E-state index in [0.717, 1.165) is 45.2 Å². The Bertz CT molecular complexity index is 590. The van der Waals surface area contributed by atoms with Gasteiger partial charge in [0.15, 0.2) is 0 Å². The van der Waals surface area contributed by atoms with Crippen LogP contribution in [0.5, 0.6) is 5.75 Å². The zero-order valence-corrected chi connectivity index (χ0v) is 13.3. The van der Waals surface area contributed by atoms with Gasteiger partial charge in [0.2, 0.25) is 0 Å². The predicted molar refractivity (Wildman–Crippen MR) is 84.0 cm³/mol. The molecule has 0 aliphatic carbocycles. The van der Waals surface area contributed by atoms with Gasteiger partial charge in [0.05, 0.1) is 12.8 Å². The number of nitrogens with zero attached hydrogens (tertiary/aromatic N) is 2. The molecule has 0 saturated carbocycles. The van der Waals surface area contributed by atoms with Crippen molar-refractivity contribution in [2.24, 2.45) is 0 Å². The number of thiol groups is 1. The molecule has 1 aromatic carbocycles. The minimum absolute atomic E-state index is 0.735. The number of ether oxygens (including phenoxy) is 1. The predicted octanol–water partition coefficient (Wildman–Crippen LogP) is 3.70. The second kappa shape index (κ2) is 6.39. The maximum atomic E-state index is 5.40. The number of halogens is 1. The zero-order valence-electron chi connectivity index (χ0n) is 10.9. The Kier molecular flexibility index (Phi) is 4.82. The van der Waals surface area contributed by atoms with Crippen LogP contribution in [0.2, 0.25) is 0 Å². The fourth-order valence-electron chi connectivity index (χ4n) is 1.86. The molecule has 0 spiro atoms. The van der Waals surface area contributed by atoms with Crippen LogP contribution in [-0.4, -0.2) is 22.8 Å². The summed E-state index contributed by atoms with van der Waals surface area (Å²) in [5.74, 6) is 2.35. The quantitative estimate of drug-likeness (QED) is 0.863. The Morgan fingerprint density at radius 1 is 1.26 bits per heavy atom. The Hall–Kier alpha value is -1.07. The first-order valence-corrected chi connectivity index (χ1v) is 7.36. The summed E-state index contributed by atoms with van der Waals surface area (Å²) in [6.07, 6.45) is 0.758. The first-order chi connectivity index (χ1) is 9.13. The summed E-state index contributed by atoms with van der Waals surface area (Å²) in [6, 6.07) is 7.84. The second-order valence-corrected chi connectivity index (χ2v) is 5.49. The van der Waals surface area contributed by atoms with E-state index in [1.165, 1.54) is 0 Å². The van der Waals surface area contributed by atoms with E-state index in [4.69, 9.17) is 4.74 Å². The van der Waals surface area contributed by atoms with Gasteiger partial charge in [-0.25, -0.2) is 9.97 Å². The Labute approximate surface area is 127 Å². The topological polar surface area (TPSA) is 35.0 Å². The van der Waals surface area contributed by atoms with Crippen LogP contribution < -0.4 is 4.74 Å². The van der Waals surface area contributed by atoms with Crippen LogP contribution in [0.3, 0.4) is 0 Å². The van der Waals surface area contributed by atoms with Crippen molar-refractivity contribution in [2.75, 3.05) is 12.9 Å². The van der Waals surface area contributed by atoms with Crippen LogP contribution in [0.1, 0.15) is 11.5 Å². The van der Waals surface area contributed by atoms with Crippen molar-refractivity contribution in [3.63, 3.8) is 0 Å². The molecule has 3 nitrogen and oxygen atoms in total. The summed E-state index contributed by atoms with van der Waals surface area (Å²) >= 11 is 7.71. The number of aromatic nitrogens is 2. The van der Waals surface area contributed by atoms with Crippen LogP contribution in [0.15, 0.2) is 28.7 Å². The van der Waals surface area contributed by atoms with Gasteiger partial charge >= 0.3 is 0 Å². The normalized spacial score (nSPS) is 10.5. The van der Waals surface area contributed by atoms with Gasteiger partial charge in [-0.05, 0) is 36.9 Å². The van der Waals surface area contributed by atoms with E-state index >= 15 is 0 Å². The molecule has 0 N–H and O–H groups in total. The second-order valence-electron chi connectivity index (χ2n) is 4.13. The fourth-order valence-corrected chi connectivity index (χ4v) is 2.42. The molecule has 1 heterocycles. The van der Waals surface area contributed by atoms with Crippen LogP contribution in [0, 0.1) is 6.92 Å². The number of methoxy groups -OCH3 is 1. The standard InChI is InChI=1S/C14H15BrN2OS/c1-9-7-12(17-14(16-9)5-6-19)11-8-10(15)3-4-13(11)18-2/h3-4,7-8,19H,5-6H2,1-2H3. The van der Waals surface area contributed by atoms with E-state index in [9.17, 15) is 0 Å². The van der Waals surface area contributed by atoms with Gasteiger partial charge in [0, 0.05) is 22.2 Å². The van der Waals surface area contributed by atoms with E-state index in [1.807, 2.05) is 31.2 Å². The molecule has 0 aliphatic heterocycles. The molecule has 100 valence electrons. The molecule has 1 aromatic heterocycles. The molecule has 0 amide bonds. The highest BCUT2D eigenvalue weighted by Crippen LogP contribution is 2.31. The number of rotatable bonds is 4. The van der Waals surface area contributed by atoms with E-state index in [-0.39, 0.29) is 0 Å². The van der Waals surface area contributed by atoms with Crippen molar-refractivity contribution in [3.05, 3.63) is 40.3 Å². The zero-order chi connectivity index (χ0) is 13.8. The lowest BCUT2D eigenvalue weighted by atomic mass is 10.1. The van der Waals surface area contributed by atoms with Gasteiger partial charge in [-0.3, -0.25) is 0 Å². The van der Waals surface area contributed by atoms with Gasteiger partial charge in [0.25, 0.3) is 0 Å². The van der Waals surface area contributed by atoms with Gasteiger partial charge in [-0.2, -0.15) is 12.6 Å². The highest BCUT2D eigenvalue weighted by atomic mass is 79.9. The average Bonchev–Trinajstić information content (AvgIpc) is 2.38.